The Morgan fingerprint density at radius 2 is 1.76 bits per heavy atom. The molecular weight excluding hydrogens is 470 g/mol. The molecule has 0 bridgehead atoms. The van der Waals surface area contributed by atoms with Crippen LogP contribution in [0.15, 0.2) is 108 Å². The number of para-hydroxylation sites is 3. The average molecular weight is 494 g/mol. The maximum atomic E-state index is 13.7. The summed E-state index contributed by atoms with van der Waals surface area (Å²) in [6.45, 7) is 1.71. The van der Waals surface area contributed by atoms with Crippen LogP contribution in [0.25, 0.3) is 11.0 Å². The Balaban J connectivity index is 1.50. The van der Waals surface area contributed by atoms with Crippen LogP contribution >= 0.6 is 0 Å². The molecule has 1 aliphatic heterocycles. The van der Waals surface area contributed by atoms with Crippen molar-refractivity contribution in [2.75, 3.05) is 18.6 Å². The normalized spacial score (nSPS) is 19.4. The fourth-order valence-electron chi connectivity index (χ4n) is 4.14. The van der Waals surface area contributed by atoms with E-state index in [0.717, 1.165) is 11.4 Å². The van der Waals surface area contributed by atoms with Gasteiger partial charge >= 0.3 is 5.97 Å². The van der Waals surface area contributed by atoms with Gasteiger partial charge in [0.05, 0.1) is 23.8 Å². The molecule has 0 radical (unpaired) electrons. The molecule has 37 heavy (non-hydrogen) atoms. The molecule has 0 fully saturated rings. The highest BCUT2D eigenvalue weighted by Crippen LogP contribution is 2.36. The molecular formula is C29H23N3O5. The van der Waals surface area contributed by atoms with E-state index in [2.05, 4.69) is 9.97 Å². The molecule has 1 aromatic heterocycles. The first-order valence-electron chi connectivity index (χ1n) is 11.6. The second-order valence-corrected chi connectivity index (χ2v) is 8.64. The van der Waals surface area contributed by atoms with E-state index in [1.165, 1.54) is 19.2 Å². The Morgan fingerprint density at radius 3 is 2.51 bits per heavy atom. The van der Waals surface area contributed by atoms with E-state index < -0.39 is 23.1 Å². The number of hydrogen-bond donors (Lipinski definition) is 0. The molecule has 1 unspecified atom stereocenters. The number of ether oxygens (including phenoxy) is 2. The monoisotopic (exact) mass is 493 g/mol. The van der Waals surface area contributed by atoms with E-state index in [9.17, 15) is 14.4 Å². The fraction of sp³-hybridized carbons (Fsp3) is 0.138. The van der Waals surface area contributed by atoms with Gasteiger partial charge in [0.15, 0.2) is 5.69 Å². The van der Waals surface area contributed by atoms with Crippen LogP contribution in [0.4, 0.5) is 5.69 Å². The van der Waals surface area contributed by atoms with Crippen molar-refractivity contribution in [2.24, 2.45) is 0 Å². The van der Waals surface area contributed by atoms with Crippen molar-refractivity contribution >= 4 is 34.3 Å². The van der Waals surface area contributed by atoms with Crippen LogP contribution in [0.2, 0.25) is 0 Å². The van der Waals surface area contributed by atoms with E-state index in [1.54, 1.807) is 37.6 Å². The lowest BCUT2D eigenvalue weighted by atomic mass is 9.79. The zero-order valence-electron chi connectivity index (χ0n) is 20.3. The summed E-state index contributed by atoms with van der Waals surface area (Å²) in [7, 11) is 1.60. The third-order valence-corrected chi connectivity index (χ3v) is 6.13. The summed E-state index contributed by atoms with van der Waals surface area (Å²) in [6, 6.07) is 16.5. The number of esters is 1. The van der Waals surface area contributed by atoms with Gasteiger partial charge in [-0.1, -0.05) is 36.4 Å². The van der Waals surface area contributed by atoms with Crippen LogP contribution in [0.5, 0.6) is 0 Å². The highest BCUT2D eigenvalue weighted by molar-refractivity contribution is 6.27. The van der Waals surface area contributed by atoms with Gasteiger partial charge in [-0.15, -0.1) is 0 Å². The summed E-state index contributed by atoms with van der Waals surface area (Å²) in [5.74, 6) is -2.15. The van der Waals surface area contributed by atoms with Gasteiger partial charge < -0.3 is 14.4 Å². The second kappa shape index (κ2) is 9.75. The van der Waals surface area contributed by atoms with E-state index in [1.807, 2.05) is 53.5 Å². The Labute approximate surface area is 213 Å². The molecule has 2 aromatic carbocycles. The number of aromatic nitrogens is 2. The van der Waals surface area contributed by atoms with Crippen molar-refractivity contribution in [1.29, 1.82) is 0 Å². The van der Waals surface area contributed by atoms with Crippen LogP contribution in [0.3, 0.4) is 0 Å². The number of allylic oxidation sites excluding steroid dienone is 3. The lowest BCUT2D eigenvalue weighted by molar-refractivity contribution is -0.145. The van der Waals surface area contributed by atoms with Crippen LogP contribution < -0.4 is 4.90 Å². The Bertz CT molecular complexity index is 1540. The predicted octanol–water partition coefficient (Wildman–Crippen LogP) is 4.11. The smallest absolute Gasteiger partial charge is 0.360 e. The molecule has 0 spiro atoms. The Hall–Kier alpha value is -4.69. The van der Waals surface area contributed by atoms with Crippen LogP contribution in [-0.2, 0) is 19.1 Å². The first-order valence-corrected chi connectivity index (χ1v) is 11.6. The summed E-state index contributed by atoms with van der Waals surface area (Å²) in [6.07, 6.45) is 9.70. The Kier molecular flexibility index (Phi) is 6.33. The molecule has 184 valence electrons. The Morgan fingerprint density at radius 1 is 1.03 bits per heavy atom. The van der Waals surface area contributed by atoms with Gasteiger partial charge in [-0.3, -0.25) is 14.6 Å². The van der Waals surface area contributed by atoms with E-state index in [-0.39, 0.29) is 11.3 Å². The number of fused-ring (bicyclic) bond motifs is 2. The standard InChI is InChI=1S/C29H23N3O5/c1-29(37-28(35)25-17-30-23-12-6-7-13-24(23)31-25)26(33)16-19-15-21(11-8-14-36-2)32(18-22(19)27(29)34)20-9-4-3-5-10-20/h3-13,15-18H,14H2,1-2H3/b11-8+. The number of Topliss-reactive ketones (excluding diaryl/α,β-unsaturated/α-hetero) is 1. The zero-order valence-corrected chi connectivity index (χ0v) is 20.3. The maximum Gasteiger partial charge on any atom is 0.360 e. The van der Waals surface area contributed by atoms with Gasteiger partial charge in [0.25, 0.3) is 0 Å². The summed E-state index contributed by atoms with van der Waals surface area (Å²) >= 11 is 0. The minimum atomic E-state index is -2.04. The lowest BCUT2D eigenvalue weighted by Crippen LogP contribution is -2.51. The van der Waals surface area contributed by atoms with Crippen molar-refractivity contribution in [3.05, 3.63) is 114 Å². The maximum absolute atomic E-state index is 13.7. The summed E-state index contributed by atoms with van der Waals surface area (Å²) in [5.41, 5.74) is 1.23. The number of hydrogen-bond acceptors (Lipinski definition) is 8. The number of rotatable bonds is 6. The SMILES string of the molecule is COC/C=C/C1=CC2=CC(=O)C(C)(OC(=O)c3cnc4ccccc4n3)C(=O)C2=CN1c1ccccc1. The molecule has 8 nitrogen and oxygen atoms in total. The van der Waals surface area contributed by atoms with Crippen LogP contribution in [0, 0.1) is 0 Å². The largest absolute Gasteiger partial charge is 0.438 e. The molecule has 1 atom stereocenters. The van der Waals surface area contributed by atoms with E-state index in [4.69, 9.17) is 9.47 Å². The van der Waals surface area contributed by atoms with Gasteiger partial charge in [-0.25, -0.2) is 9.78 Å². The minimum absolute atomic E-state index is 0.0932. The topological polar surface area (TPSA) is 98.7 Å². The number of nitrogens with zero attached hydrogens (tertiary/aromatic N) is 3. The average Bonchev–Trinajstić information content (AvgIpc) is 2.92. The number of anilines is 1. The summed E-state index contributed by atoms with van der Waals surface area (Å²) in [5, 5.41) is 0. The number of carbonyl (C=O) groups is 3. The fourth-order valence-corrected chi connectivity index (χ4v) is 4.14. The van der Waals surface area contributed by atoms with Gasteiger partial charge in [0.1, 0.15) is 0 Å². The third-order valence-electron chi connectivity index (χ3n) is 6.13. The molecule has 0 saturated heterocycles. The number of carbonyl (C=O) groups excluding carboxylic acids is 3. The molecule has 0 N–H and O–H groups in total. The number of methoxy groups -OCH3 is 1. The van der Waals surface area contributed by atoms with Crippen LogP contribution in [-0.4, -0.2) is 46.8 Å². The highest BCUT2D eigenvalue weighted by atomic mass is 16.6. The molecule has 5 rings (SSSR count). The number of ketones is 2. The van der Waals surface area contributed by atoms with Gasteiger partial charge in [0.2, 0.25) is 17.2 Å². The second-order valence-electron chi connectivity index (χ2n) is 8.64. The van der Waals surface area contributed by atoms with Gasteiger partial charge in [0, 0.05) is 30.3 Å². The quantitative estimate of drug-likeness (QED) is 0.374. The van der Waals surface area contributed by atoms with Gasteiger partial charge in [-0.2, -0.15) is 0 Å². The number of benzene rings is 2. The molecule has 3 aromatic rings. The molecule has 2 aliphatic rings. The predicted molar refractivity (Wildman–Crippen MR) is 138 cm³/mol. The molecule has 2 heterocycles. The third kappa shape index (κ3) is 4.50. The lowest BCUT2D eigenvalue weighted by Gasteiger charge is -2.34. The van der Waals surface area contributed by atoms with Crippen molar-refractivity contribution in [3.8, 4) is 0 Å². The molecule has 0 amide bonds. The van der Waals surface area contributed by atoms with Gasteiger partial charge in [-0.05, 0) is 55.0 Å². The molecule has 8 heteroatoms. The molecule has 0 saturated carbocycles. The minimum Gasteiger partial charge on any atom is -0.438 e. The summed E-state index contributed by atoms with van der Waals surface area (Å²) < 4.78 is 10.6. The summed E-state index contributed by atoms with van der Waals surface area (Å²) in [4.78, 5) is 50.2. The van der Waals surface area contributed by atoms with E-state index >= 15 is 0 Å². The first kappa shape index (κ1) is 24.0. The van der Waals surface area contributed by atoms with Crippen molar-refractivity contribution < 1.29 is 23.9 Å². The van der Waals surface area contributed by atoms with Crippen LogP contribution in [0.1, 0.15) is 17.4 Å². The zero-order chi connectivity index (χ0) is 26.0. The molecule has 1 aliphatic carbocycles. The first-order chi connectivity index (χ1) is 17.9. The van der Waals surface area contributed by atoms with Crippen molar-refractivity contribution in [2.45, 2.75) is 12.5 Å². The highest BCUT2D eigenvalue weighted by Gasteiger charge is 2.49. The van der Waals surface area contributed by atoms with E-state index in [0.29, 0.717) is 23.2 Å². The van der Waals surface area contributed by atoms with Crippen molar-refractivity contribution in [3.63, 3.8) is 0 Å². The van der Waals surface area contributed by atoms with Crippen molar-refractivity contribution in [1.82, 2.24) is 9.97 Å².